The summed E-state index contributed by atoms with van der Waals surface area (Å²) in [6.45, 7) is 0. The van der Waals surface area contributed by atoms with Crippen LogP contribution in [0, 0.1) is 0 Å². The normalized spacial score (nSPS) is 12.0. The fraction of sp³-hybridized carbons (Fsp3) is 0.250. The van der Waals surface area contributed by atoms with E-state index in [0.29, 0.717) is 0 Å². The second kappa shape index (κ2) is 2.98. The third kappa shape index (κ3) is 2.06. The van der Waals surface area contributed by atoms with Gasteiger partial charge in [0.15, 0.2) is 0 Å². The second-order valence-corrected chi connectivity index (χ2v) is 2.73. The number of alkyl halides is 3. The molecule has 7 heteroatoms. The minimum Gasteiger partial charge on any atom is -0.440 e. The van der Waals surface area contributed by atoms with Crippen LogP contribution < -0.4 is 0 Å². The van der Waals surface area contributed by atoms with Gasteiger partial charge in [-0.05, 0) is 10.8 Å². The van der Waals surface area contributed by atoms with E-state index in [4.69, 9.17) is 0 Å². The summed E-state index contributed by atoms with van der Waals surface area (Å²) >= 11 is 3.65. The molecule has 0 atom stereocenters. The van der Waals surface area contributed by atoms with Crippen LogP contribution in [0.1, 0.15) is 5.89 Å². The van der Waals surface area contributed by atoms with Crippen molar-refractivity contribution in [1.82, 2.24) is 4.98 Å². The van der Waals surface area contributed by atoms with Gasteiger partial charge >= 0.3 is 12.1 Å². The molecule has 0 aliphatic carbocycles. The minimum atomic E-state index is -4.51. The van der Waals surface area contributed by atoms with Gasteiger partial charge in [-0.15, -0.1) is 11.7 Å². The standard InChI is InChI=1S/C4H2F3NOS2/c5-4(6,7)3-8-2(11-10)1-9-3/h1,10H. The van der Waals surface area contributed by atoms with Crippen LogP contribution in [0.2, 0.25) is 0 Å². The Morgan fingerprint density at radius 3 is 2.45 bits per heavy atom. The Morgan fingerprint density at radius 1 is 1.55 bits per heavy atom. The Hall–Kier alpha value is -0.300. The number of aromatic nitrogens is 1. The highest BCUT2D eigenvalue weighted by atomic mass is 33.1. The molecule has 0 aromatic carbocycles. The topological polar surface area (TPSA) is 26.0 Å². The average molecular weight is 201 g/mol. The van der Waals surface area contributed by atoms with Crippen molar-refractivity contribution in [2.75, 3.05) is 0 Å². The van der Waals surface area contributed by atoms with E-state index < -0.39 is 12.1 Å². The first-order chi connectivity index (χ1) is 5.04. The Labute approximate surface area is 69.0 Å². The van der Waals surface area contributed by atoms with E-state index in [9.17, 15) is 13.2 Å². The van der Waals surface area contributed by atoms with Crippen LogP contribution in [0.25, 0.3) is 0 Å². The maximum atomic E-state index is 11.7. The number of hydrogen-bond donors (Lipinski definition) is 1. The fourth-order valence-electron chi connectivity index (χ4n) is 0.431. The molecule has 1 aromatic heterocycles. The Morgan fingerprint density at radius 2 is 2.18 bits per heavy atom. The molecule has 0 bridgehead atoms. The summed E-state index contributed by atoms with van der Waals surface area (Å²) in [5.74, 6) is -1.24. The Balaban J connectivity index is 2.89. The summed E-state index contributed by atoms with van der Waals surface area (Å²) in [6.07, 6.45) is -3.61. The molecule has 0 saturated heterocycles. The molecule has 2 nitrogen and oxygen atoms in total. The molecule has 62 valence electrons. The van der Waals surface area contributed by atoms with Crippen LogP contribution in [-0.4, -0.2) is 4.98 Å². The molecule has 1 aromatic rings. The number of nitrogens with zero attached hydrogens (tertiary/aromatic N) is 1. The summed E-state index contributed by atoms with van der Waals surface area (Å²) in [4.78, 5) is 3.09. The highest BCUT2D eigenvalue weighted by Crippen LogP contribution is 2.31. The smallest absolute Gasteiger partial charge is 0.440 e. The molecule has 0 N–H and O–H groups in total. The lowest BCUT2D eigenvalue weighted by Gasteiger charge is -1.96. The van der Waals surface area contributed by atoms with Gasteiger partial charge < -0.3 is 4.42 Å². The monoisotopic (exact) mass is 201 g/mol. The number of hydrogen-bond acceptors (Lipinski definition) is 4. The molecular weight excluding hydrogens is 199 g/mol. The highest BCUT2D eigenvalue weighted by Gasteiger charge is 2.37. The van der Waals surface area contributed by atoms with Gasteiger partial charge in [0.25, 0.3) is 0 Å². The molecule has 0 aliphatic rings. The summed E-state index contributed by atoms with van der Waals surface area (Å²) in [7, 11) is 0.795. The average Bonchev–Trinajstić information content (AvgIpc) is 2.32. The molecule has 11 heavy (non-hydrogen) atoms. The molecule has 0 unspecified atom stereocenters. The van der Waals surface area contributed by atoms with E-state index in [2.05, 4.69) is 21.1 Å². The number of oxazole rings is 1. The third-order valence-electron chi connectivity index (χ3n) is 0.819. The molecule has 0 amide bonds. The Bertz CT molecular complexity index is 246. The number of thiol groups is 1. The van der Waals surface area contributed by atoms with Crippen molar-refractivity contribution in [3.05, 3.63) is 12.2 Å². The van der Waals surface area contributed by atoms with Gasteiger partial charge in [-0.1, -0.05) is 0 Å². The largest absolute Gasteiger partial charge is 0.468 e. The van der Waals surface area contributed by atoms with E-state index in [-0.39, 0.29) is 5.03 Å². The van der Waals surface area contributed by atoms with Gasteiger partial charge in [-0.3, -0.25) is 0 Å². The van der Waals surface area contributed by atoms with Gasteiger partial charge in [0.2, 0.25) is 0 Å². The van der Waals surface area contributed by atoms with E-state index >= 15 is 0 Å². The molecule has 0 saturated carbocycles. The molecule has 1 rings (SSSR count). The lowest BCUT2D eigenvalue weighted by Crippen LogP contribution is -2.04. The second-order valence-electron chi connectivity index (χ2n) is 1.58. The molecule has 0 spiro atoms. The summed E-state index contributed by atoms with van der Waals surface area (Å²) in [5, 5.41) is 0.0978. The van der Waals surface area contributed by atoms with Crippen molar-refractivity contribution in [3.63, 3.8) is 0 Å². The SMILES string of the molecule is FC(F)(F)c1nc(SS)co1. The molecule has 0 fully saturated rings. The third-order valence-corrected chi connectivity index (χ3v) is 1.75. The van der Waals surface area contributed by atoms with Gasteiger partial charge in [0.05, 0.1) is 0 Å². The number of halogens is 3. The zero-order valence-corrected chi connectivity index (χ0v) is 6.63. The van der Waals surface area contributed by atoms with Crippen LogP contribution in [0.3, 0.4) is 0 Å². The van der Waals surface area contributed by atoms with Crippen LogP contribution in [0.15, 0.2) is 15.7 Å². The predicted octanol–water partition coefficient (Wildman–Crippen LogP) is 2.63. The van der Waals surface area contributed by atoms with Crippen molar-refractivity contribution in [2.24, 2.45) is 0 Å². The minimum absolute atomic E-state index is 0.0978. The highest BCUT2D eigenvalue weighted by molar-refractivity contribution is 8.68. The summed E-state index contributed by atoms with van der Waals surface area (Å²) < 4.78 is 39.4. The van der Waals surface area contributed by atoms with E-state index in [1.54, 1.807) is 0 Å². The lowest BCUT2D eigenvalue weighted by atomic mass is 10.7. The van der Waals surface area contributed by atoms with Crippen LogP contribution in [-0.2, 0) is 6.18 Å². The quantitative estimate of drug-likeness (QED) is 0.558. The van der Waals surface area contributed by atoms with Gasteiger partial charge in [-0.2, -0.15) is 18.2 Å². The van der Waals surface area contributed by atoms with Gasteiger partial charge in [-0.25, -0.2) is 0 Å². The maximum Gasteiger partial charge on any atom is 0.468 e. The zero-order chi connectivity index (χ0) is 8.48. The van der Waals surface area contributed by atoms with E-state index in [1.807, 2.05) is 0 Å². The van der Waals surface area contributed by atoms with Gasteiger partial charge in [0.1, 0.15) is 11.3 Å². The van der Waals surface area contributed by atoms with Crippen LogP contribution in [0.4, 0.5) is 13.2 Å². The zero-order valence-electron chi connectivity index (χ0n) is 4.92. The maximum absolute atomic E-state index is 11.7. The lowest BCUT2D eigenvalue weighted by molar-refractivity contribution is -0.157. The van der Waals surface area contributed by atoms with Crippen LogP contribution in [0.5, 0.6) is 0 Å². The first-order valence-electron chi connectivity index (χ1n) is 2.38. The van der Waals surface area contributed by atoms with Crippen molar-refractivity contribution in [1.29, 1.82) is 0 Å². The molecule has 1 heterocycles. The van der Waals surface area contributed by atoms with Crippen molar-refractivity contribution in [3.8, 4) is 0 Å². The molecule has 0 radical (unpaired) electrons. The predicted molar refractivity (Wildman–Crippen MR) is 36.3 cm³/mol. The first-order valence-corrected chi connectivity index (χ1v) is 4.25. The van der Waals surface area contributed by atoms with E-state index in [1.165, 1.54) is 0 Å². The summed E-state index contributed by atoms with van der Waals surface area (Å²) in [6, 6.07) is 0. The summed E-state index contributed by atoms with van der Waals surface area (Å²) in [5.41, 5.74) is 0. The first kappa shape index (κ1) is 8.79. The number of rotatable bonds is 1. The van der Waals surface area contributed by atoms with E-state index in [0.717, 1.165) is 17.1 Å². The van der Waals surface area contributed by atoms with Crippen LogP contribution >= 0.6 is 22.5 Å². The molecular formula is C4H2F3NOS2. The van der Waals surface area contributed by atoms with Crippen molar-refractivity contribution >= 4 is 22.5 Å². The van der Waals surface area contributed by atoms with Gasteiger partial charge in [0, 0.05) is 0 Å². The van der Waals surface area contributed by atoms with Crippen molar-refractivity contribution < 1.29 is 17.6 Å². The molecule has 0 aliphatic heterocycles. The fourth-order valence-corrected chi connectivity index (χ4v) is 0.898. The van der Waals surface area contributed by atoms with Crippen molar-refractivity contribution in [2.45, 2.75) is 11.2 Å². The Kier molecular flexibility index (Phi) is 2.38.